The molecule has 0 aromatic carbocycles. The zero-order valence-corrected chi connectivity index (χ0v) is 7.53. The first kappa shape index (κ1) is 9.73. The molecule has 0 unspecified atom stereocenters. The van der Waals surface area contributed by atoms with Gasteiger partial charge in [0, 0.05) is 6.54 Å². The van der Waals surface area contributed by atoms with Crippen LogP contribution < -0.4 is 16.8 Å². The fourth-order valence-electron chi connectivity index (χ4n) is 0.952. The number of nitrogens with one attached hydrogen (secondary N) is 1. The van der Waals surface area contributed by atoms with Gasteiger partial charge in [-0.1, -0.05) is 0 Å². The molecule has 0 fully saturated rings. The van der Waals surface area contributed by atoms with Gasteiger partial charge in [-0.2, -0.15) is 0 Å². The minimum absolute atomic E-state index is 0.434. The van der Waals surface area contributed by atoms with Crippen LogP contribution in [0.2, 0.25) is 0 Å². The Bertz CT molecular complexity index is 250. The normalized spacial score (nSPS) is 9.92. The van der Waals surface area contributed by atoms with E-state index in [1.54, 1.807) is 6.20 Å². The molecule has 13 heavy (non-hydrogen) atoms. The van der Waals surface area contributed by atoms with Crippen LogP contribution in [-0.4, -0.2) is 23.1 Å². The van der Waals surface area contributed by atoms with Gasteiger partial charge in [-0.05, 0) is 19.4 Å². The zero-order chi connectivity index (χ0) is 9.52. The molecule has 1 heterocycles. The second kappa shape index (κ2) is 5.31. The summed E-state index contributed by atoms with van der Waals surface area (Å²) in [6.07, 6.45) is 5.22. The molecule has 1 rings (SSSR count). The molecule has 0 atom stereocenters. The van der Waals surface area contributed by atoms with Crippen molar-refractivity contribution in [1.82, 2.24) is 9.97 Å². The molecule has 72 valence electrons. The minimum Gasteiger partial charge on any atom is -0.382 e. The van der Waals surface area contributed by atoms with Crippen LogP contribution in [0.4, 0.5) is 11.6 Å². The molecule has 1 aromatic rings. The highest BCUT2D eigenvalue weighted by Gasteiger charge is 1.93. The van der Waals surface area contributed by atoms with E-state index in [0.717, 1.165) is 31.7 Å². The Morgan fingerprint density at radius 3 is 2.85 bits per heavy atom. The second-order valence-corrected chi connectivity index (χ2v) is 2.75. The lowest BCUT2D eigenvalue weighted by Gasteiger charge is -2.04. The van der Waals surface area contributed by atoms with Gasteiger partial charge in [0.15, 0.2) is 0 Å². The van der Waals surface area contributed by atoms with Gasteiger partial charge < -0.3 is 16.8 Å². The van der Waals surface area contributed by atoms with Crippen LogP contribution in [0.1, 0.15) is 12.8 Å². The Kier molecular flexibility index (Phi) is 3.98. The number of unbranched alkanes of at least 4 members (excludes halogenated alkanes) is 1. The van der Waals surface area contributed by atoms with Crippen LogP contribution in [-0.2, 0) is 0 Å². The third-order valence-electron chi connectivity index (χ3n) is 1.59. The highest BCUT2D eigenvalue weighted by atomic mass is 15.0. The van der Waals surface area contributed by atoms with Crippen LogP contribution >= 0.6 is 0 Å². The van der Waals surface area contributed by atoms with E-state index < -0.39 is 0 Å². The van der Waals surface area contributed by atoms with Gasteiger partial charge in [-0.25, -0.2) is 4.98 Å². The van der Waals surface area contributed by atoms with E-state index in [1.165, 1.54) is 6.20 Å². The lowest BCUT2D eigenvalue weighted by Crippen LogP contribution is -2.07. The van der Waals surface area contributed by atoms with Crippen molar-refractivity contribution in [3.8, 4) is 0 Å². The first-order chi connectivity index (χ1) is 6.33. The number of nitrogens with zero attached hydrogens (tertiary/aromatic N) is 2. The number of hydrogen-bond acceptors (Lipinski definition) is 5. The minimum atomic E-state index is 0.434. The molecule has 0 amide bonds. The lowest BCUT2D eigenvalue weighted by molar-refractivity contribution is 0.772. The van der Waals surface area contributed by atoms with E-state index in [-0.39, 0.29) is 0 Å². The van der Waals surface area contributed by atoms with Crippen LogP contribution in [0.3, 0.4) is 0 Å². The molecule has 0 radical (unpaired) electrons. The molecule has 1 aromatic heterocycles. The maximum atomic E-state index is 5.46. The average molecular weight is 181 g/mol. The summed E-state index contributed by atoms with van der Waals surface area (Å²) in [6.45, 7) is 1.58. The third kappa shape index (κ3) is 3.71. The molecule has 5 nitrogen and oxygen atoms in total. The third-order valence-corrected chi connectivity index (χ3v) is 1.59. The van der Waals surface area contributed by atoms with Crippen LogP contribution in [0.25, 0.3) is 0 Å². The largest absolute Gasteiger partial charge is 0.382 e. The number of nitrogens with two attached hydrogens (primary N) is 2. The summed E-state index contributed by atoms with van der Waals surface area (Å²) in [5, 5.41) is 3.11. The van der Waals surface area contributed by atoms with E-state index in [0.29, 0.717) is 5.82 Å². The van der Waals surface area contributed by atoms with Gasteiger partial charge >= 0.3 is 0 Å². The summed E-state index contributed by atoms with van der Waals surface area (Å²) in [7, 11) is 0. The summed E-state index contributed by atoms with van der Waals surface area (Å²) < 4.78 is 0. The van der Waals surface area contributed by atoms with E-state index in [9.17, 15) is 0 Å². The first-order valence-electron chi connectivity index (χ1n) is 4.34. The van der Waals surface area contributed by atoms with Crippen molar-refractivity contribution >= 4 is 11.6 Å². The summed E-state index contributed by atoms with van der Waals surface area (Å²) in [4.78, 5) is 7.95. The Morgan fingerprint density at radius 1 is 1.31 bits per heavy atom. The van der Waals surface area contributed by atoms with E-state index in [4.69, 9.17) is 11.5 Å². The molecule has 0 aliphatic carbocycles. The van der Waals surface area contributed by atoms with Crippen molar-refractivity contribution in [1.29, 1.82) is 0 Å². The molecular weight excluding hydrogens is 166 g/mol. The highest BCUT2D eigenvalue weighted by molar-refractivity contribution is 5.37. The number of aromatic nitrogens is 2. The first-order valence-corrected chi connectivity index (χ1v) is 4.34. The van der Waals surface area contributed by atoms with E-state index in [1.807, 2.05) is 0 Å². The number of hydrogen-bond donors (Lipinski definition) is 3. The zero-order valence-electron chi connectivity index (χ0n) is 7.53. The topological polar surface area (TPSA) is 89.8 Å². The Labute approximate surface area is 77.6 Å². The Hall–Kier alpha value is -1.36. The van der Waals surface area contributed by atoms with Crippen molar-refractivity contribution in [3.63, 3.8) is 0 Å². The van der Waals surface area contributed by atoms with Gasteiger partial charge in [0.05, 0.1) is 12.4 Å². The molecule has 0 spiro atoms. The van der Waals surface area contributed by atoms with Crippen LogP contribution in [0.15, 0.2) is 12.4 Å². The highest BCUT2D eigenvalue weighted by Crippen LogP contribution is 2.02. The second-order valence-electron chi connectivity index (χ2n) is 2.75. The van der Waals surface area contributed by atoms with Gasteiger partial charge in [0.1, 0.15) is 11.6 Å². The molecule has 0 bridgehead atoms. The summed E-state index contributed by atoms with van der Waals surface area (Å²) in [5.74, 6) is 1.15. The van der Waals surface area contributed by atoms with Crippen LogP contribution in [0, 0.1) is 0 Å². The summed E-state index contributed by atoms with van der Waals surface area (Å²) >= 11 is 0. The monoisotopic (exact) mass is 181 g/mol. The smallest absolute Gasteiger partial charge is 0.146 e. The Balaban J connectivity index is 2.28. The quantitative estimate of drug-likeness (QED) is 0.565. The van der Waals surface area contributed by atoms with Gasteiger partial charge in [-0.3, -0.25) is 4.98 Å². The lowest BCUT2D eigenvalue weighted by atomic mass is 10.3. The molecule has 5 N–H and O–H groups in total. The molecule has 0 aliphatic heterocycles. The fraction of sp³-hybridized carbons (Fsp3) is 0.500. The molecule has 0 saturated heterocycles. The van der Waals surface area contributed by atoms with Crippen LogP contribution in [0.5, 0.6) is 0 Å². The summed E-state index contributed by atoms with van der Waals surface area (Å²) in [5.41, 5.74) is 10.8. The average Bonchev–Trinajstić information content (AvgIpc) is 2.13. The molecule has 0 aliphatic rings. The fourth-order valence-corrected chi connectivity index (χ4v) is 0.952. The van der Waals surface area contributed by atoms with Crippen molar-refractivity contribution in [3.05, 3.63) is 12.4 Å². The van der Waals surface area contributed by atoms with Gasteiger partial charge in [0.2, 0.25) is 0 Å². The van der Waals surface area contributed by atoms with Gasteiger partial charge in [-0.15, -0.1) is 0 Å². The number of rotatable bonds is 5. The van der Waals surface area contributed by atoms with Crippen molar-refractivity contribution in [2.24, 2.45) is 5.73 Å². The van der Waals surface area contributed by atoms with Crippen molar-refractivity contribution < 1.29 is 0 Å². The van der Waals surface area contributed by atoms with Crippen molar-refractivity contribution in [2.75, 3.05) is 24.1 Å². The maximum absolute atomic E-state index is 5.46. The SMILES string of the molecule is NCCCCNc1cncc(N)n1. The Morgan fingerprint density at radius 2 is 2.15 bits per heavy atom. The number of nitrogen functional groups attached to an aromatic ring is 1. The predicted octanol–water partition coefficient (Wildman–Crippen LogP) is 0.210. The van der Waals surface area contributed by atoms with Crippen molar-refractivity contribution in [2.45, 2.75) is 12.8 Å². The molecular formula is C8H15N5. The van der Waals surface area contributed by atoms with E-state index in [2.05, 4.69) is 15.3 Å². The standard InChI is InChI=1S/C8H15N5/c9-3-1-2-4-12-8-6-11-5-7(10)13-8/h5-6H,1-4,9H2,(H3,10,12,13). The predicted molar refractivity (Wildman–Crippen MR) is 53.2 cm³/mol. The maximum Gasteiger partial charge on any atom is 0.146 e. The van der Waals surface area contributed by atoms with E-state index >= 15 is 0 Å². The molecule has 5 heteroatoms. The van der Waals surface area contributed by atoms with Gasteiger partial charge in [0.25, 0.3) is 0 Å². The molecule has 0 saturated carbocycles. The number of anilines is 2. The summed E-state index contributed by atoms with van der Waals surface area (Å²) in [6, 6.07) is 0.